The zero-order chi connectivity index (χ0) is 13.8. The average molecular weight is 386 g/mol. The Morgan fingerprint density at radius 1 is 0.947 bits per heavy atom. The van der Waals surface area contributed by atoms with Crippen molar-refractivity contribution in [2.75, 3.05) is 14.2 Å². The van der Waals surface area contributed by atoms with E-state index in [-0.39, 0.29) is 4.83 Å². The van der Waals surface area contributed by atoms with Gasteiger partial charge in [0.05, 0.1) is 19.0 Å². The van der Waals surface area contributed by atoms with Gasteiger partial charge >= 0.3 is 0 Å². The van der Waals surface area contributed by atoms with Crippen molar-refractivity contribution in [2.45, 2.75) is 4.83 Å². The van der Waals surface area contributed by atoms with Crippen LogP contribution in [0.5, 0.6) is 11.5 Å². The van der Waals surface area contributed by atoms with Crippen LogP contribution < -0.4 is 9.47 Å². The van der Waals surface area contributed by atoms with Crippen molar-refractivity contribution in [3.05, 3.63) is 58.1 Å². The second kappa shape index (κ2) is 6.44. The number of hydrogen-bond donors (Lipinski definition) is 0. The molecule has 0 aromatic heterocycles. The number of para-hydroxylation sites is 1. The van der Waals surface area contributed by atoms with Gasteiger partial charge < -0.3 is 9.47 Å². The van der Waals surface area contributed by atoms with E-state index < -0.39 is 0 Å². The Hall–Kier alpha value is -1.00. The van der Waals surface area contributed by atoms with E-state index in [1.54, 1.807) is 14.2 Å². The molecule has 0 aliphatic heterocycles. The summed E-state index contributed by atoms with van der Waals surface area (Å²) < 4.78 is 11.6. The van der Waals surface area contributed by atoms with Crippen molar-refractivity contribution in [2.24, 2.45) is 0 Å². The standard InChI is InChI=1S/C15H14Br2O2/c1-18-10-7-8-11(13(16)9-10)15(17)12-5-3-4-6-14(12)19-2/h3-9,15H,1-2H3. The molecule has 0 spiro atoms. The third-order valence-electron chi connectivity index (χ3n) is 2.89. The van der Waals surface area contributed by atoms with Crippen molar-refractivity contribution in [3.63, 3.8) is 0 Å². The van der Waals surface area contributed by atoms with Crippen LogP contribution >= 0.6 is 31.9 Å². The molecule has 2 nitrogen and oxygen atoms in total. The molecular weight excluding hydrogens is 372 g/mol. The largest absolute Gasteiger partial charge is 0.497 e. The molecule has 0 fully saturated rings. The van der Waals surface area contributed by atoms with Crippen LogP contribution in [0, 0.1) is 0 Å². The van der Waals surface area contributed by atoms with Crippen LogP contribution in [0.4, 0.5) is 0 Å². The van der Waals surface area contributed by atoms with Crippen molar-refractivity contribution >= 4 is 31.9 Å². The van der Waals surface area contributed by atoms with Gasteiger partial charge in [-0.25, -0.2) is 0 Å². The molecular formula is C15H14Br2O2. The topological polar surface area (TPSA) is 18.5 Å². The van der Waals surface area contributed by atoms with Gasteiger partial charge in [0.25, 0.3) is 0 Å². The van der Waals surface area contributed by atoms with Gasteiger partial charge in [0, 0.05) is 10.0 Å². The molecule has 0 saturated carbocycles. The van der Waals surface area contributed by atoms with Crippen LogP contribution in [0.3, 0.4) is 0 Å². The van der Waals surface area contributed by atoms with Gasteiger partial charge in [-0.05, 0) is 23.8 Å². The fraction of sp³-hybridized carbons (Fsp3) is 0.200. The maximum absolute atomic E-state index is 5.40. The Bertz CT molecular complexity index is 570. The van der Waals surface area contributed by atoms with Crippen molar-refractivity contribution in [1.82, 2.24) is 0 Å². The highest BCUT2D eigenvalue weighted by atomic mass is 79.9. The van der Waals surface area contributed by atoms with E-state index in [2.05, 4.69) is 37.9 Å². The van der Waals surface area contributed by atoms with Crippen molar-refractivity contribution in [1.29, 1.82) is 0 Å². The Kier molecular flexibility index (Phi) is 4.88. The molecule has 0 heterocycles. The number of hydrogen-bond acceptors (Lipinski definition) is 2. The summed E-state index contributed by atoms with van der Waals surface area (Å²) in [6.07, 6.45) is 0. The van der Waals surface area contributed by atoms with Crippen LogP contribution in [0.25, 0.3) is 0 Å². The molecule has 0 bridgehead atoms. The molecule has 2 rings (SSSR count). The highest BCUT2D eigenvalue weighted by Crippen LogP contribution is 2.40. The van der Waals surface area contributed by atoms with Crippen LogP contribution in [0.1, 0.15) is 16.0 Å². The lowest BCUT2D eigenvalue weighted by Gasteiger charge is -2.16. The first-order valence-corrected chi connectivity index (χ1v) is 7.48. The third-order valence-corrected chi connectivity index (χ3v) is 4.57. The third kappa shape index (κ3) is 3.12. The van der Waals surface area contributed by atoms with E-state index in [0.717, 1.165) is 27.1 Å². The molecule has 0 aliphatic carbocycles. The molecule has 19 heavy (non-hydrogen) atoms. The first-order chi connectivity index (χ1) is 9.17. The second-order valence-electron chi connectivity index (χ2n) is 3.99. The molecule has 0 amide bonds. The summed E-state index contributed by atoms with van der Waals surface area (Å²) in [7, 11) is 3.34. The van der Waals surface area contributed by atoms with E-state index in [0.29, 0.717) is 0 Å². The number of ether oxygens (including phenoxy) is 2. The van der Waals surface area contributed by atoms with E-state index >= 15 is 0 Å². The van der Waals surface area contributed by atoms with Gasteiger partial charge in [0.15, 0.2) is 0 Å². The summed E-state index contributed by atoms with van der Waals surface area (Å²) in [5.41, 5.74) is 2.22. The first-order valence-electron chi connectivity index (χ1n) is 5.77. The monoisotopic (exact) mass is 384 g/mol. The summed E-state index contributed by atoms with van der Waals surface area (Å²) in [4.78, 5) is 0.0592. The first kappa shape index (κ1) is 14.4. The predicted molar refractivity (Wildman–Crippen MR) is 84.5 cm³/mol. The molecule has 2 aromatic rings. The van der Waals surface area contributed by atoms with Crippen LogP contribution in [0.2, 0.25) is 0 Å². The minimum Gasteiger partial charge on any atom is -0.497 e. The summed E-state index contributed by atoms with van der Waals surface area (Å²) in [6, 6.07) is 13.9. The lowest BCUT2D eigenvalue weighted by atomic mass is 10.0. The lowest BCUT2D eigenvalue weighted by molar-refractivity contribution is 0.410. The second-order valence-corrected chi connectivity index (χ2v) is 5.76. The minimum absolute atomic E-state index is 0.0592. The molecule has 0 N–H and O–H groups in total. The van der Waals surface area contributed by atoms with Gasteiger partial charge in [-0.3, -0.25) is 0 Å². The Morgan fingerprint density at radius 2 is 1.68 bits per heavy atom. The molecule has 0 saturated heterocycles. The van der Waals surface area contributed by atoms with E-state index in [4.69, 9.17) is 9.47 Å². The Balaban J connectivity index is 2.41. The van der Waals surface area contributed by atoms with Crippen LogP contribution in [-0.2, 0) is 0 Å². The normalized spacial score (nSPS) is 12.0. The highest BCUT2D eigenvalue weighted by molar-refractivity contribution is 9.11. The van der Waals surface area contributed by atoms with E-state index in [1.165, 1.54) is 0 Å². The quantitative estimate of drug-likeness (QED) is 0.693. The van der Waals surface area contributed by atoms with E-state index in [1.807, 2.05) is 36.4 Å². The van der Waals surface area contributed by atoms with Gasteiger partial charge in [-0.2, -0.15) is 0 Å². The van der Waals surface area contributed by atoms with Crippen molar-refractivity contribution < 1.29 is 9.47 Å². The smallest absolute Gasteiger partial charge is 0.123 e. The fourth-order valence-electron chi connectivity index (χ4n) is 1.88. The zero-order valence-electron chi connectivity index (χ0n) is 10.7. The minimum atomic E-state index is 0.0592. The summed E-state index contributed by atoms with van der Waals surface area (Å²) in [5.74, 6) is 1.70. The van der Waals surface area contributed by atoms with Gasteiger partial charge in [0.1, 0.15) is 11.5 Å². The number of halogens is 2. The van der Waals surface area contributed by atoms with Gasteiger partial charge in [-0.1, -0.05) is 56.1 Å². The molecule has 100 valence electrons. The predicted octanol–water partition coefficient (Wildman–Crippen LogP) is 4.95. The summed E-state index contributed by atoms with van der Waals surface area (Å²) >= 11 is 7.31. The zero-order valence-corrected chi connectivity index (χ0v) is 13.9. The van der Waals surface area contributed by atoms with Gasteiger partial charge in [-0.15, -0.1) is 0 Å². The number of alkyl halides is 1. The van der Waals surface area contributed by atoms with Crippen LogP contribution in [-0.4, -0.2) is 14.2 Å². The number of rotatable bonds is 4. The molecule has 4 heteroatoms. The van der Waals surface area contributed by atoms with Crippen molar-refractivity contribution in [3.8, 4) is 11.5 Å². The molecule has 2 aromatic carbocycles. The van der Waals surface area contributed by atoms with Crippen LogP contribution in [0.15, 0.2) is 46.9 Å². The summed E-state index contributed by atoms with van der Waals surface area (Å²) in [6.45, 7) is 0. The Morgan fingerprint density at radius 3 is 2.32 bits per heavy atom. The maximum atomic E-state index is 5.40. The molecule has 1 unspecified atom stereocenters. The SMILES string of the molecule is COc1ccc(C(Br)c2ccccc2OC)c(Br)c1. The highest BCUT2D eigenvalue weighted by Gasteiger charge is 2.17. The molecule has 0 radical (unpaired) electrons. The Labute approximate surface area is 130 Å². The average Bonchev–Trinajstić information content (AvgIpc) is 2.46. The molecule has 1 atom stereocenters. The fourth-order valence-corrected chi connectivity index (χ4v) is 3.56. The number of methoxy groups -OCH3 is 2. The lowest BCUT2D eigenvalue weighted by Crippen LogP contribution is -1.98. The summed E-state index contributed by atoms with van der Waals surface area (Å²) in [5, 5.41) is 0. The maximum Gasteiger partial charge on any atom is 0.123 e. The van der Waals surface area contributed by atoms with E-state index in [9.17, 15) is 0 Å². The van der Waals surface area contributed by atoms with Gasteiger partial charge in [0.2, 0.25) is 0 Å². The number of benzene rings is 2. The molecule has 0 aliphatic rings.